The summed E-state index contributed by atoms with van der Waals surface area (Å²) in [6.45, 7) is 0. The fourth-order valence-corrected chi connectivity index (χ4v) is 1.54. The topological polar surface area (TPSA) is 85.2 Å². The van der Waals surface area contributed by atoms with Gasteiger partial charge in [-0.25, -0.2) is 9.59 Å². The zero-order valence-electron chi connectivity index (χ0n) is 10.8. The zero-order chi connectivity index (χ0) is 15.1. The van der Waals surface area contributed by atoms with E-state index >= 15 is 0 Å². The molecule has 0 unspecified atom stereocenters. The van der Waals surface area contributed by atoms with E-state index in [0.29, 0.717) is 11.1 Å². The SMILES string of the molecule is CON=C(C(=O)OC)c1ccccc1/C=C(\Cl)C(=O)O. The Morgan fingerprint density at radius 3 is 2.50 bits per heavy atom. The third-order valence-corrected chi connectivity index (χ3v) is 2.53. The number of carbonyl (C=O) groups excluding carboxylic acids is 1. The number of hydrogen-bond donors (Lipinski definition) is 1. The van der Waals surface area contributed by atoms with Crippen LogP contribution in [0.1, 0.15) is 11.1 Å². The number of nitrogens with zero attached hydrogens (tertiary/aromatic N) is 1. The number of carboxylic acids is 1. The molecule has 1 rings (SSSR count). The maximum Gasteiger partial charge on any atom is 0.360 e. The van der Waals surface area contributed by atoms with Gasteiger partial charge in [-0.05, 0) is 11.6 Å². The van der Waals surface area contributed by atoms with Gasteiger partial charge in [0.1, 0.15) is 12.1 Å². The summed E-state index contributed by atoms with van der Waals surface area (Å²) in [4.78, 5) is 27.0. The van der Waals surface area contributed by atoms with Crippen LogP contribution in [0, 0.1) is 0 Å². The molecule has 0 aliphatic carbocycles. The molecule has 0 amide bonds. The number of ether oxygens (including phenoxy) is 1. The molecule has 0 saturated heterocycles. The number of carboxylic acid groups (broad SMARTS) is 1. The van der Waals surface area contributed by atoms with Gasteiger partial charge >= 0.3 is 11.9 Å². The molecule has 106 valence electrons. The fraction of sp³-hybridized carbons (Fsp3) is 0.154. The van der Waals surface area contributed by atoms with E-state index in [4.69, 9.17) is 16.7 Å². The first-order valence-electron chi connectivity index (χ1n) is 5.40. The first-order chi connectivity index (χ1) is 9.51. The van der Waals surface area contributed by atoms with Crippen LogP contribution < -0.4 is 0 Å². The van der Waals surface area contributed by atoms with Gasteiger partial charge in [0.05, 0.1) is 7.11 Å². The van der Waals surface area contributed by atoms with Crippen molar-refractivity contribution >= 4 is 35.3 Å². The lowest BCUT2D eigenvalue weighted by atomic mass is 10.0. The minimum Gasteiger partial charge on any atom is -0.477 e. The van der Waals surface area contributed by atoms with Crippen LogP contribution >= 0.6 is 11.6 Å². The molecule has 20 heavy (non-hydrogen) atoms. The van der Waals surface area contributed by atoms with Gasteiger partial charge in [0.25, 0.3) is 0 Å². The molecule has 0 heterocycles. The second-order valence-corrected chi connectivity index (χ2v) is 3.91. The van der Waals surface area contributed by atoms with Crippen LogP contribution in [0.3, 0.4) is 0 Å². The van der Waals surface area contributed by atoms with E-state index in [2.05, 4.69) is 14.7 Å². The molecule has 7 heteroatoms. The normalized spacial score (nSPS) is 11.9. The molecule has 0 saturated carbocycles. The first-order valence-corrected chi connectivity index (χ1v) is 5.78. The van der Waals surface area contributed by atoms with Crippen molar-refractivity contribution < 1.29 is 24.3 Å². The lowest BCUT2D eigenvalue weighted by Crippen LogP contribution is -2.18. The average Bonchev–Trinajstić information content (AvgIpc) is 2.44. The molecule has 0 bridgehead atoms. The second kappa shape index (κ2) is 7.30. The highest BCUT2D eigenvalue weighted by Crippen LogP contribution is 2.17. The monoisotopic (exact) mass is 297 g/mol. The van der Waals surface area contributed by atoms with Crippen LogP contribution in [-0.4, -0.2) is 37.0 Å². The van der Waals surface area contributed by atoms with E-state index in [1.165, 1.54) is 20.3 Å². The third kappa shape index (κ3) is 3.83. The van der Waals surface area contributed by atoms with Gasteiger partial charge in [-0.2, -0.15) is 0 Å². The number of hydrogen-bond acceptors (Lipinski definition) is 5. The Labute approximate surface area is 120 Å². The maximum atomic E-state index is 11.7. The van der Waals surface area contributed by atoms with E-state index in [1.807, 2.05) is 0 Å². The molecular formula is C13H12ClNO5. The number of methoxy groups -OCH3 is 1. The first kappa shape index (κ1) is 15.7. The van der Waals surface area contributed by atoms with E-state index in [1.54, 1.807) is 24.3 Å². The number of benzene rings is 1. The maximum absolute atomic E-state index is 11.7. The van der Waals surface area contributed by atoms with Crippen molar-refractivity contribution in [2.24, 2.45) is 5.16 Å². The molecule has 0 atom stereocenters. The average molecular weight is 298 g/mol. The minimum absolute atomic E-state index is 0.0864. The predicted octanol–water partition coefficient (Wildman–Crippen LogP) is 1.87. The Morgan fingerprint density at radius 2 is 1.95 bits per heavy atom. The number of rotatable bonds is 5. The molecule has 0 fully saturated rings. The van der Waals surface area contributed by atoms with Crippen molar-refractivity contribution in [3.05, 3.63) is 40.4 Å². The summed E-state index contributed by atoms with van der Waals surface area (Å²) >= 11 is 5.59. The van der Waals surface area contributed by atoms with E-state index in [9.17, 15) is 9.59 Å². The Balaban J connectivity index is 3.38. The smallest absolute Gasteiger partial charge is 0.360 e. The molecule has 0 spiro atoms. The van der Waals surface area contributed by atoms with Gasteiger partial charge in [0, 0.05) is 5.56 Å². The van der Waals surface area contributed by atoms with Crippen LogP contribution in [0.25, 0.3) is 6.08 Å². The van der Waals surface area contributed by atoms with Crippen LogP contribution in [0.4, 0.5) is 0 Å². The quantitative estimate of drug-likeness (QED) is 0.388. The number of oxime groups is 1. The van der Waals surface area contributed by atoms with Gasteiger partial charge in [-0.1, -0.05) is 41.0 Å². The second-order valence-electron chi connectivity index (χ2n) is 3.50. The molecule has 1 aromatic carbocycles. The lowest BCUT2D eigenvalue weighted by molar-refractivity contribution is -0.133. The number of esters is 1. The Kier molecular flexibility index (Phi) is 5.74. The van der Waals surface area contributed by atoms with Crippen LogP contribution in [0.15, 0.2) is 34.5 Å². The predicted molar refractivity (Wildman–Crippen MR) is 73.5 cm³/mol. The van der Waals surface area contributed by atoms with Crippen molar-refractivity contribution in [3.63, 3.8) is 0 Å². The number of halogens is 1. The van der Waals surface area contributed by atoms with Crippen molar-refractivity contribution in [1.82, 2.24) is 0 Å². The van der Waals surface area contributed by atoms with E-state index in [0.717, 1.165) is 0 Å². The van der Waals surface area contributed by atoms with Crippen molar-refractivity contribution in [2.45, 2.75) is 0 Å². The van der Waals surface area contributed by atoms with Gasteiger partial charge < -0.3 is 14.7 Å². The largest absolute Gasteiger partial charge is 0.477 e. The summed E-state index contributed by atoms with van der Waals surface area (Å²) in [6.07, 6.45) is 1.22. The lowest BCUT2D eigenvalue weighted by Gasteiger charge is -2.07. The van der Waals surface area contributed by atoms with Crippen molar-refractivity contribution in [1.29, 1.82) is 0 Å². The molecule has 6 nitrogen and oxygen atoms in total. The highest BCUT2D eigenvalue weighted by Gasteiger charge is 2.18. The highest BCUT2D eigenvalue weighted by atomic mass is 35.5. The van der Waals surface area contributed by atoms with Crippen LogP contribution in [0.2, 0.25) is 0 Å². The van der Waals surface area contributed by atoms with Gasteiger partial charge in [-0.15, -0.1) is 0 Å². The summed E-state index contributed by atoms with van der Waals surface area (Å²) in [5.41, 5.74) is 0.665. The Bertz CT molecular complexity index is 580. The molecule has 1 N–H and O–H groups in total. The standard InChI is InChI=1S/C13H12ClNO5/c1-19-13(18)11(15-20-2)9-6-4-3-5-8(9)7-10(14)12(16)17/h3-7H,1-2H3,(H,16,17)/b10-7-,15-11?. The summed E-state index contributed by atoms with van der Waals surface area (Å²) in [6, 6.07) is 6.50. The van der Waals surface area contributed by atoms with Crippen LogP contribution in [-0.2, 0) is 19.2 Å². The Hall–Kier alpha value is -2.34. The number of carbonyl (C=O) groups is 2. The zero-order valence-corrected chi connectivity index (χ0v) is 11.5. The summed E-state index contributed by atoms with van der Waals surface area (Å²) in [7, 11) is 2.49. The van der Waals surface area contributed by atoms with Crippen molar-refractivity contribution in [3.8, 4) is 0 Å². The summed E-state index contributed by atoms with van der Waals surface area (Å²) in [5, 5.41) is 12.0. The van der Waals surface area contributed by atoms with Gasteiger partial charge in [0.2, 0.25) is 0 Å². The third-order valence-electron chi connectivity index (χ3n) is 2.26. The molecule has 0 aliphatic heterocycles. The number of aliphatic carboxylic acids is 1. The van der Waals surface area contributed by atoms with Crippen LogP contribution in [0.5, 0.6) is 0 Å². The van der Waals surface area contributed by atoms with Gasteiger partial charge in [-0.3, -0.25) is 0 Å². The van der Waals surface area contributed by atoms with Crippen molar-refractivity contribution in [2.75, 3.05) is 14.2 Å². The molecule has 0 radical (unpaired) electrons. The Morgan fingerprint density at radius 1 is 1.30 bits per heavy atom. The fourth-order valence-electron chi connectivity index (χ4n) is 1.42. The molecular weight excluding hydrogens is 286 g/mol. The van der Waals surface area contributed by atoms with Gasteiger partial charge in [0.15, 0.2) is 5.71 Å². The summed E-state index contributed by atoms with van der Waals surface area (Å²) in [5.74, 6) is -1.98. The van der Waals surface area contributed by atoms with E-state index in [-0.39, 0.29) is 10.7 Å². The highest BCUT2D eigenvalue weighted by molar-refractivity contribution is 6.45. The molecule has 1 aromatic rings. The molecule has 0 aromatic heterocycles. The molecule has 0 aliphatic rings. The summed E-state index contributed by atoms with van der Waals surface area (Å²) < 4.78 is 4.61. The van der Waals surface area contributed by atoms with E-state index < -0.39 is 11.9 Å². The minimum atomic E-state index is -1.27.